The summed E-state index contributed by atoms with van der Waals surface area (Å²) >= 11 is 0. The molecule has 0 aliphatic rings. The Morgan fingerprint density at radius 2 is 1.38 bits per heavy atom. The van der Waals surface area contributed by atoms with Gasteiger partial charge in [0, 0.05) is 17.7 Å². The minimum Gasteiger partial charge on any atom is -0.507 e. The van der Waals surface area contributed by atoms with Gasteiger partial charge in [0.05, 0.1) is 15.4 Å². The first kappa shape index (κ1) is 30.8. The van der Waals surface area contributed by atoms with E-state index in [9.17, 15) is 23.4 Å². The standard InChI is InChI=1S/C35H39NO5S/c1-22-31(37)24(20-23-12-14-25(15-13-23)34(2,3)4)21-28(32(22)38)33(39)36-26-16-18-27(19-17-26)42(40,41)30-11-9-8-10-29(30)35(5,6)7/h8-19,21,37-38H,20H2,1-7H3,(H,36,39). The van der Waals surface area contributed by atoms with Gasteiger partial charge in [0.1, 0.15) is 11.5 Å². The summed E-state index contributed by atoms with van der Waals surface area (Å²) in [6.45, 7) is 13.9. The van der Waals surface area contributed by atoms with E-state index in [1.807, 2.05) is 45.0 Å². The Labute approximate surface area is 249 Å². The molecule has 4 aromatic rings. The van der Waals surface area contributed by atoms with Crippen LogP contribution in [-0.4, -0.2) is 24.5 Å². The Morgan fingerprint density at radius 3 is 1.95 bits per heavy atom. The Bertz CT molecular complexity index is 1720. The molecule has 0 bridgehead atoms. The van der Waals surface area contributed by atoms with Gasteiger partial charge >= 0.3 is 0 Å². The lowest BCUT2D eigenvalue weighted by Crippen LogP contribution is -2.17. The molecular formula is C35H39NO5S. The van der Waals surface area contributed by atoms with Crippen LogP contribution in [0, 0.1) is 6.92 Å². The smallest absolute Gasteiger partial charge is 0.259 e. The number of amides is 1. The molecule has 3 N–H and O–H groups in total. The molecule has 4 aromatic carbocycles. The van der Waals surface area contributed by atoms with Crippen molar-refractivity contribution in [3.63, 3.8) is 0 Å². The number of benzene rings is 4. The van der Waals surface area contributed by atoms with Gasteiger partial charge in [-0.05, 0) is 76.4 Å². The highest BCUT2D eigenvalue weighted by Crippen LogP contribution is 2.36. The van der Waals surface area contributed by atoms with Crippen LogP contribution >= 0.6 is 0 Å². The van der Waals surface area contributed by atoms with E-state index in [0.29, 0.717) is 17.7 Å². The largest absolute Gasteiger partial charge is 0.507 e. The lowest BCUT2D eigenvalue weighted by molar-refractivity contribution is 0.102. The van der Waals surface area contributed by atoms with E-state index in [1.165, 1.54) is 35.9 Å². The van der Waals surface area contributed by atoms with Crippen LogP contribution in [0.1, 0.15) is 79.7 Å². The van der Waals surface area contributed by atoms with E-state index >= 15 is 0 Å². The van der Waals surface area contributed by atoms with Gasteiger partial charge in [0.2, 0.25) is 9.84 Å². The Hall–Kier alpha value is -4.10. The summed E-state index contributed by atoms with van der Waals surface area (Å²) in [6, 6.07) is 22.5. The van der Waals surface area contributed by atoms with Gasteiger partial charge in [-0.2, -0.15) is 0 Å². The van der Waals surface area contributed by atoms with Crippen molar-refractivity contribution < 1.29 is 23.4 Å². The van der Waals surface area contributed by atoms with E-state index < -0.39 is 15.7 Å². The molecule has 7 heteroatoms. The molecule has 0 atom stereocenters. The van der Waals surface area contributed by atoms with Gasteiger partial charge < -0.3 is 15.5 Å². The van der Waals surface area contributed by atoms with Crippen LogP contribution in [0.25, 0.3) is 0 Å². The molecule has 1 amide bonds. The first-order valence-electron chi connectivity index (χ1n) is 13.9. The van der Waals surface area contributed by atoms with Crippen LogP contribution in [0.4, 0.5) is 5.69 Å². The predicted molar refractivity (Wildman–Crippen MR) is 167 cm³/mol. The molecule has 0 radical (unpaired) electrons. The first-order chi connectivity index (χ1) is 19.5. The van der Waals surface area contributed by atoms with Crippen molar-refractivity contribution in [1.29, 1.82) is 0 Å². The minimum atomic E-state index is -3.79. The van der Waals surface area contributed by atoms with Crippen molar-refractivity contribution in [3.05, 3.63) is 112 Å². The van der Waals surface area contributed by atoms with E-state index in [-0.39, 0.29) is 43.2 Å². The number of carbonyl (C=O) groups excluding carboxylic acids is 1. The summed E-state index contributed by atoms with van der Waals surface area (Å²) in [5.41, 5.74) is 3.63. The fourth-order valence-electron chi connectivity index (χ4n) is 4.88. The molecular weight excluding hydrogens is 546 g/mol. The Balaban J connectivity index is 1.58. The van der Waals surface area contributed by atoms with Gasteiger partial charge in [-0.1, -0.05) is 84.0 Å². The first-order valence-corrected chi connectivity index (χ1v) is 15.4. The van der Waals surface area contributed by atoms with Crippen LogP contribution in [-0.2, 0) is 27.1 Å². The van der Waals surface area contributed by atoms with Crippen molar-refractivity contribution >= 4 is 21.4 Å². The molecule has 0 aromatic heterocycles. The topological polar surface area (TPSA) is 104 Å². The second-order valence-corrected chi connectivity index (χ2v) is 14.7. The van der Waals surface area contributed by atoms with Crippen LogP contribution in [0.3, 0.4) is 0 Å². The molecule has 0 spiro atoms. The Kier molecular flexibility index (Phi) is 8.29. The average molecular weight is 586 g/mol. The van der Waals surface area contributed by atoms with Crippen LogP contribution in [0.2, 0.25) is 0 Å². The van der Waals surface area contributed by atoms with Crippen molar-refractivity contribution in [2.45, 2.75) is 75.5 Å². The molecule has 0 heterocycles. The minimum absolute atomic E-state index is 0.0142. The lowest BCUT2D eigenvalue weighted by Gasteiger charge is -2.22. The molecule has 4 rings (SSSR count). The van der Waals surface area contributed by atoms with Crippen LogP contribution < -0.4 is 5.32 Å². The van der Waals surface area contributed by atoms with E-state index in [0.717, 1.165) is 11.1 Å². The lowest BCUT2D eigenvalue weighted by atomic mass is 9.86. The Morgan fingerprint density at radius 1 is 0.786 bits per heavy atom. The van der Waals surface area contributed by atoms with E-state index in [2.05, 4.69) is 38.2 Å². The number of hydrogen-bond donors (Lipinski definition) is 3. The normalized spacial score (nSPS) is 12.3. The zero-order chi connectivity index (χ0) is 31.0. The van der Waals surface area contributed by atoms with Crippen molar-refractivity contribution in [2.75, 3.05) is 5.32 Å². The third-order valence-corrected chi connectivity index (χ3v) is 9.28. The summed E-state index contributed by atoms with van der Waals surface area (Å²) in [5.74, 6) is -0.947. The molecule has 0 fully saturated rings. The number of sulfone groups is 1. The second-order valence-electron chi connectivity index (χ2n) is 12.8. The van der Waals surface area contributed by atoms with Crippen molar-refractivity contribution in [2.24, 2.45) is 0 Å². The van der Waals surface area contributed by atoms with Gasteiger partial charge in [-0.15, -0.1) is 0 Å². The number of phenolic OH excluding ortho intramolecular Hbond substituents is 2. The average Bonchev–Trinajstić information content (AvgIpc) is 2.93. The maximum atomic E-state index is 13.5. The monoisotopic (exact) mass is 585 g/mol. The van der Waals surface area contributed by atoms with E-state index in [1.54, 1.807) is 19.1 Å². The second kappa shape index (κ2) is 11.3. The molecule has 220 valence electrons. The molecule has 0 saturated carbocycles. The number of hydrogen-bond acceptors (Lipinski definition) is 5. The molecule has 0 saturated heterocycles. The SMILES string of the molecule is Cc1c(O)c(Cc2ccc(C(C)(C)C)cc2)cc(C(=O)Nc2ccc(S(=O)(=O)c3ccccc3C(C)(C)C)cc2)c1O. The van der Waals surface area contributed by atoms with Gasteiger partial charge in [-0.3, -0.25) is 4.79 Å². The summed E-state index contributed by atoms with van der Waals surface area (Å²) in [5, 5.41) is 24.2. The highest BCUT2D eigenvalue weighted by molar-refractivity contribution is 7.91. The zero-order valence-corrected chi connectivity index (χ0v) is 26.1. The van der Waals surface area contributed by atoms with E-state index in [4.69, 9.17) is 0 Å². The van der Waals surface area contributed by atoms with Crippen LogP contribution in [0.5, 0.6) is 11.5 Å². The summed E-state index contributed by atoms with van der Waals surface area (Å²) in [7, 11) is -3.79. The maximum absolute atomic E-state index is 13.5. The number of nitrogens with one attached hydrogen (secondary N) is 1. The number of carbonyl (C=O) groups is 1. The highest BCUT2D eigenvalue weighted by Gasteiger charge is 2.27. The summed E-state index contributed by atoms with van der Waals surface area (Å²) in [6.07, 6.45) is 0.375. The molecule has 6 nitrogen and oxygen atoms in total. The third-order valence-electron chi connectivity index (χ3n) is 7.45. The number of aromatic hydroxyl groups is 2. The van der Waals surface area contributed by atoms with Crippen LogP contribution in [0.15, 0.2) is 88.7 Å². The number of rotatable bonds is 6. The fourth-order valence-corrected chi connectivity index (χ4v) is 6.55. The predicted octanol–water partition coefficient (Wildman–Crippen LogP) is 7.68. The quantitative estimate of drug-likeness (QED) is 0.215. The molecule has 0 aliphatic heterocycles. The van der Waals surface area contributed by atoms with Crippen molar-refractivity contribution in [1.82, 2.24) is 0 Å². The zero-order valence-electron chi connectivity index (χ0n) is 25.2. The molecule has 42 heavy (non-hydrogen) atoms. The van der Waals surface area contributed by atoms with Gasteiger partial charge in [0.15, 0.2) is 0 Å². The van der Waals surface area contributed by atoms with Gasteiger partial charge in [-0.25, -0.2) is 8.42 Å². The fraction of sp³-hybridized carbons (Fsp3) is 0.286. The molecule has 0 aliphatic carbocycles. The maximum Gasteiger partial charge on any atom is 0.259 e. The summed E-state index contributed by atoms with van der Waals surface area (Å²) in [4.78, 5) is 13.6. The van der Waals surface area contributed by atoms with Gasteiger partial charge in [0.25, 0.3) is 5.91 Å². The highest BCUT2D eigenvalue weighted by atomic mass is 32.2. The third kappa shape index (κ3) is 6.36. The summed E-state index contributed by atoms with van der Waals surface area (Å²) < 4.78 is 27.0. The number of anilines is 1. The number of phenols is 2. The van der Waals surface area contributed by atoms with Crippen molar-refractivity contribution in [3.8, 4) is 11.5 Å². The molecule has 0 unspecified atom stereocenters.